The van der Waals surface area contributed by atoms with Gasteiger partial charge < -0.3 is 0 Å². The highest BCUT2D eigenvalue weighted by Crippen LogP contribution is 2.39. The van der Waals surface area contributed by atoms with Crippen molar-refractivity contribution in [3.05, 3.63) is 49.9 Å². The summed E-state index contributed by atoms with van der Waals surface area (Å²) in [5.74, 6) is -0.446. The van der Waals surface area contributed by atoms with Crippen molar-refractivity contribution in [3.63, 3.8) is 0 Å². The van der Waals surface area contributed by atoms with Crippen LogP contribution in [-0.2, 0) is 10.0 Å². The van der Waals surface area contributed by atoms with Crippen molar-refractivity contribution in [2.24, 2.45) is 0 Å². The molecule has 1 aromatic carbocycles. The summed E-state index contributed by atoms with van der Waals surface area (Å²) in [6, 6.07) is 7.62. The van der Waals surface area contributed by atoms with Crippen molar-refractivity contribution in [1.29, 1.82) is 0 Å². The van der Waals surface area contributed by atoms with E-state index in [1.54, 1.807) is 17.5 Å². The predicted octanol–water partition coefficient (Wildman–Crippen LogP) is 4.87. The van der Waals surface area contributed by atoms with Crippen molar-refractivity contribution >= 4 is 66.9 Å². The fourth-order valence-corrected chi connectivity index (χ4v) is 5.97. The lowest BCUT2D eigenvalue weighted by Gasteiger charge is -2.07. The molecule has 0 saturated heterocycles. The average molecular weight is 474 g/mol. The molecule has 0 bridgehead atoms. The highest BCUT2D eigenvalue weighted by Gasteiger charge is 2.28. The standard InChI is InChI=1S/C17H13Cl2N3O3S3/c18-14-7-12(15(19)27-14)13-8-26-17(20-13)21-16(23)9-2-1-3-11(6-9)28(24,25)22-10-4-5-10/h1-3,6-8,10,22H,4-5H2,(H,20,21,23). The molecule has 0 atom stereocenters. The molecule has 1 aliphatic rings. The maximum absolute atomic E-state index is 12.5. The van der Waals surface area contributed by atoms with Gasteiger partial charge in [0.05, 0.1) is 14.9 Å². The van der Waals surface area contributed by atoms with E-state index in [-0.39, 0.29) is 16.5 Å². The zero-order valence-corrected chi connectivity index (χ0v) is 18.1. The monoisotopic (exact) mass is 473 g/mol. The number of carbonyl (C=O) groups excluding carboxylic acids is 1. The van der Waals surface area contributed by atoms with Crippen LogP contribution in [-0.4, -0.2) is 25.4 Å². The highest BCUT2D eigenvalue weighted by molar-refractivity contribution is 7.89. The Labute approximate surface area is 179 Å². The Morgan fingerprint density at radius 1 is 1.21 bits per heavy atom. The van der Waals surface area contributed by atoms with Crippen molar-refractivity contribution in [1.82, 2.24) is 9.71 Å². The topological polar surface area (TPSA) is 88.2 Å². The number of thiazole rings is 1. The summed E-state index contributed by atoms with van der Waals surface area (Å²) >= 11 is 14.6. The van der Waals surface area contributed by atoms with Crippen LogP contribution in [0, 0.1) is 0 Å². The van der Waals surface area contributed by atoms with Crippen LogP contribution in [0.2, 0.25) is 8.67 Å². The number of benzene rings is 1. The van der Waals surface area contributed by atoms with Crippen LogP contribution in [0.15, 0.2) is 40.6 Å². The Morgan fingerprint density at radius 3 is 2.68 bits per heavy atom. The minimum atomic E-state index is -3.63. The van der Waals surface area contributed by atoms with Crippen LogP contribution in [0.25, 0.3) is 11.3 Å². The second-order valence-electron chi connectivity index (χ2n) is 6.15. The van der Waals surface area contributed by atoms with Gasteiger partial charge in [-0.15, -0.1) is 22.7 Å². The van der Waals surface area contributed by atoms with E-state index in [4.69, 9.17) is 23.2 Å². The molecule has 0 spiro atoms. The number of hydrogen-bond acceptors (Lipinski definition) is 6. The van der Waals surface area contributed by atoms with Gasteiger partial charge in [0.2, 0.25) is 10.0 Å². The number of nitrogens with zero attached hydrogens (tertiary/aromatic N) is 1. The molecule has 1 aliphatic carbocycles. The average Bonchev–Trinajstić information content (AvgIpc) is 3.21. The molecule has 0 radical (unpaired) electrons. The summed E-state index contributed by atoms with van der Waals surface area (Å²) in [6.45, 7) is 0. The largest absolute Gasteiger partial charge is 0.298 e. The fourth-order valence-electron chi connectivity index (χ4n) is 2.43. The Hall–Kier alpha value is -1.49. The van der Waals surface area contributed by atoms with E-state index in [0.717, 1.165) is 12.8 Å². The number of amides is 1. The van der Waals surface area contributed by atoms with E-state index in [9.17, 15) is 13.2 Å². The zero-order valence-electron chi connectivity index (χ0n) is 14.1. The summed E-state index contributed by atoms with van der Waals surface area (Å²) in [5, 5.41) is 4.83. The highest BCUT2D eigenvalue weighted by atomic mass is 35.5. The number of rotatable bonds is 6. The summed E-state index contributed by atoms with van der Waals surface area (Å²) < 4.78 is 28.3. The molecule has 6 nitrogen and oxygen atoms in total. The zero-order chi connectivity index (χ0) is 19.9. The molecule has 4 rings (SSSR count). The first-order valence-electron chi connectivity index (χ1n) is 8.16. The number of nitrogens with one attached hydrogen (secondary N) is 2. The maximum atomic E-state index is 12.5. The summed E-state index contributed by atoms with van der Waals surface area (Å²) in [6.07, 6.45) is 1.68. The van der Waals surface area contributed by atoms with E-state index in [1.807, 2.05) is 0 Å². The molecule has 11 heteroatoms. The molecule has 0 unspecified atom stereocenters. The third kappa shape index (κ3) is 4.40. The van der Waals surface area contributed by atoms with Gasteiger partial charge in [-0.05, 0) is 37.1 Å². The Bertz CT molecular complexity index is 1150. The summed E-state index contributed by atoms with van der Waals surface area (Å²) in [4.78, 5) is 17.0. The first kappa shape index (κ1) is 19.8. The van der Waals surface area contributed by atoms with Gasteiger partial charge in [0.25, 0.3) is 5.91 Å². The molecule has 2 aromatic heterocycles. The number of halogens is 2. The number of thiophene rings is 1. The molecule has 1 saturated carbocycles. The Morgan fingerprint density at radius 2 is 2.00 bits per heavy atom. The van der Waals surface area contributed by atoms with Crippen LogP contribution in [0.1, 0.15) is 23.2 Å². The molecule has 1 amide bonds. The van der Waals surface area contributed by atoms with Crippen molar-refractivity contribution in [3.8, 4) is 11.3 Å². The molecular formula is C17H13Cl2N3O3S3. The number of aromatic nitrogens is 1. The molecule has 2 heterocycles. The number of anilines is 1. The van der Waals surface area contributed by atoms with Gasteiger partial charge in [0, 0.05) is 22.5 Å². The number of hydrogen-bond donors (Lipinski definition) is 2. The molecule has 2 N–H and O–H groups in total. The van der Waals surface area contributed by atoms with Gasteiger partial charge in [-0.3, -0.25) is 10.1 Å². The van der Waals surface area contributed by atoms with Crippen LogP contribution in [0.4, 0.5) is 5.13 Å². The van der Waals surface area contributed by atoms with Gasteiger partial charge in [-0.25, -0.2) is 18.1 Å². The summed E-state index contributed by atoms with van der Waals surface area (Å²) in [7, 11) is -3.63. The molecule has 0 aliphatic heterocycles. The normalized spacial score (nSPS) is 14.2. The molecule has 28 heavy (non-hydrogen) atoms. The lowest BCUT2D eigenvalue weighted by molar-refractivity contribution is 0.102. The van der Waals surface area contributed by atoms with E-state index in [0.29, 0.717) is 25.1 Å². The SMILES string of the molecule is O=C(Nc1nc(-c2cc(Cl)sc2Cl)cs1)c1cccc(S(=O)(=O)NC2CC2)c1. The minimum Gasteiger partial charge on any atom is -0.298 e. The van der Waals surface area contributed by atoms with Crippen molar-refractivity contribution in [2.45, 2.75) is 23.8 Å². The number of sulfonamides is 1. The maximum Gasteiger partial charge on any atom is 0.257 e. The van der Waals surface area contributed by atoms with E-state index >= 15 is 0 Å². The van der Waals surface area contributed by atoms with Crippen LogP contribution < -0.4 is 10.0 Å². The molecule has 3 aromatic rings. The van der Waals surface area contributed by atoms with Gasteiger partial charge in [-0.2, -0.15) is 0 Å². The van der Waals surface area contributed by atoms with Crippen LogP contribution >= 0.6 is 45.9 Å². The quantitative estimate of drug-likeness (QED) is 0.534. The number of carbonyl (C=O) groups is 1. The van der Waals surface area contributed by atoms with Crippen LogP contribution in [0.3, 0.4) is 0 Å². The van der Waals surface area contributed by atoms with Gasteiger partial charge in [-0.1, -0.05) is 29.3 Å². The lowest BCUT2D eigenvalue weighted by Crippen LogP contribution is -2.26. The smallest absolute Gasteiger partial charge is 0.257 e. The van der Waals surface area contributed by atoms with Crippen molar-refractivity contribution < 1.29 is 13.2 Å². The Balaban J connectivity index is 1.51. The van der Waals surface area contributed by atoms with Crippen molar-refractivity contribution in [2.75, 3.05) is 5.32 Å². The van der Waals surface area contributed by atoms with Gasteiger partial charge >= 0.3 is 0 Å². The van der Waals surface area contributed by atoms with Crippen LogP contribution in [0.5, 0.6) is 0 Å². The Kier molecular flexibility index (Phi) is 5.47. The predicted molar refractivity (Wildman–Crippen MR) is 113 cm³/mol. The molecule has 1 fully saturated rings. The minimum absolute atomic E-state index is 0.00588. The molecular weight excluding hydrogens is 461 g/mol. The van der Waals surface area contributed by atoms with E-state index < -0.39 is 15.9 Å². The van der Waals surface area contributed by atoms with Gasteiger partial charge in [0.15, 0.2) is 5.13 Å². The fraction of sp³-hybridized carbons (Fsp3) is 0.176. The first-order chi connectivity index (χ1) is 13.3. The first-order valence-corrected chi connectivity index (χ1v) is 12.1. The summed E-state index contributed by atoms with van der Waals surface area (Å²) in [5.41, 5.74) is 1.54. The van der Waals surface area contributed by atoms with E-state index in [1.165, 1.54) is 40.9 Å². The lowest BCUT2D eigenvalue weighted by atomic mass is 10.2. The van der Waals surface area contributed by atoms with E-state index in [2.05, 4.69) is 15.0 Å². The third-order valence-corrected chi connectivity index (χ3v) is 7.73. The molecule has 146 valence electrons. The van der Waals surface area contributed by atoms with Gasteiger partial charge in [0.1, 0.15) is 4.34 Å². The second-order valence-corrected chi connectivity index (χ2v) is 11.0. The third-order valence-electron chi connectivity index (χ3n) is 3.96. The second kappa shape index (κ2) is 7.74.